The summed E-state index contributed by atoms with van der Waals surface area (Å²) in [7, 11) is 0. The van der Waals surface area contributed by atoms with E-state index in [4.69, 9.17) is 4.52 Å². The Labute approximate surface area is 138 Å². The maximum atomic E-state index is 11.9. The maximum Gasteiger partial charge on any atom is 0.320 e. The third-order valence-corrected chi connectivity index (χ3v) is 3.95. The summed E-state index contributed by atoms with van der Waals surface area (Å²) in [5, 5.41) is 25.5. The average Bonchev–Trinajstić information content (AvgIpc) is 2.93. The van der Waals surface area contributed by atoms with Crippen LogP contribution in [0, 0.1) is 25.2 Å². The summed E-state index contributed by atoms with van der Waals surface area (Å²) in [5.74, 6) is -0.127. The molecule has 0 spiro atoms. The van der Waals surface area contributed by atoms with Crippen molar-refractivity contribution >= 4 is 23.5 Å². The standard InChI is InChI=1S/C15H17N5O2S/c1-9(2)20-7-14(22-19-20)18-13(21)8-23-15-12(6-16)10(3)5-11(4)17-15/h5,7,9H,8H2,1-4H3. The van der Waals surface area contributed by atoms with Crippen molar-refractivity contribution in [1.29, 1.82) is 5.26 Å². The number of aromatic nitrogens is 3. The predicted octanol–water partition coefficient (Wildman–Crippen LogP) is 1.61. The number of hydrogen-bond acceptors (Lipinski definition) is 7. The SMILES string of the molecule is Cc1cc(C)c(C#N)c(SC/C([O-])=N/c2c[n+](C(C)C)no2)n1. The zero-order valence-corrected chi connectivity index (χ0v) is 14.2. The van der Waals surface area contributed by atoms with Gasteiger partial charge in [0.25, 0.3) is 6.20 Å². The zero-order chi connectivity index (χ0) is 17.0. The molecule has 7 nitrogen and oxygen atoms in total. The topological polar surface area (TPSA) is 102 Å². The molecule has 120 valence electrons. The third-order valence-electron chi connectivity index (χ3n) is 2.99. The minimum Gasteiger partial charge on any atom is -0.861 e. The van der Waals surface area contributed by atoms with Crippen LogP contribution in [0.15, 0.2) is 26.8 Å². The molecule has 2 heterocycles. The largest absolute Gasteiger partial charge is 0.861 e. The van der Waals surface area contributed by atoms with Crippen LogP contribution >= 0.6 is 11.8 Å². The lowest BCUT2D eigenvalue weighted by molar-refractivity contribution is -0.779. The van der Waals surface area contributed by atoms with Gasteiger partial charge < -0.3 is 5.11 Å². The highest BCUT2D eigenvalue weighted by molar-refractivity contribution is 7.99. The molecule has 0 aliphatic rings. The third kappa shape index (κ3) is 4.29. The normalized spacial score (nSPS) is 11.7. The van der Waals surface area contributed by atoms with Gasteiger partial charge in [0.05, 0.1) is 5.56 Å². The first-order valence-corrected chi connectivity index (χ1v) is 8.03. The van der Waals surface area contributed by atoms with Crippen LogP contribution in [0.3, 0.4) is 0 Å². The Morgan fingerprint density at radius 3 is 2.87 bits per heavy atom. The van der Waals surface area contributed by atoms with E-state index in [0.717, 1.165) is 11.3 Å². The van der Waals surface area contributed by atoms with Crippen molar-refractivity contribution in [2.45, 2.75) is 38.8 Å². The molecule has 0 bridgehead atoms. The van der Waals surface area contributed by atoms with Crippen molar-refractivity contribution in [2.24, 2.45) is 4.99 Å². The first kappa shape index (κ1) is 17.0. The summed E-state index contributed by atoms with van der Waals surface area (Å²) in [5.41, 5.74) is 2.15. The van der Waals surface area contributed by atoms with E-state index < -0.39 is 0 Å². The van der Waals surface area contributed by atoms with Crippen LogP contribution < -0.4 is 9.79 Å². The molecule has 0 atom stereocenters. The Hall–Kier alpha value is -2.40. The van der Waals surface area contributed by atoms with E-state index in [9.17, 15) is 10.4 Å². The van der Waals surface area contributed by atoms with Gasteiger partial charge in [-0.3, -0.25) is 4.52 Å². The van der Waals surface area contributed by atoms with E-state index in [2.05, 4.69) is 21.3 Å². The molecule has 0 radical (unpaired) electrons. The first-order chi connectivity index (χ1) is 10.9. The van der Waals surface area contributed by atoms with Gasteiger partial charge in [0, 0.05) is 11.4 Å². The van der Waals surface area contributed by atoms with Gasteiger partial charge in [0.2, 0.25) is 5.27 Å². The molecule has 0 amide bonds. The van der Waals surface area contributed by atoms with Crippen molar-refractivity contribution in [1.82, 2.24) is 10.3 Å². The van der Waals surface area contributed by atoms with Crippen molar-refractivity contribution in [3.8, 4) is 6.07 Å². The summed E-state index contributed by atoms with van der Waals surface area (Å²) in [6, 6.07) is 4.09. The molecule has 23 heavy (non-hydrogen) atoms. The average molecular weight is 331 g/mol. The summed E-state index contributed by atoms with van der Waals surface area (Å²) < 4.78 is 6.56. The quantitative estimate of drug-likeness (QED) is 0.357. The van der Waals surface area contributed by atoms with E-state index >= 15 is 0 Å². The van der Waals surface area contributed by atoms with Crippen molar-refractivity contribution < 1.29 is 14.3 Å². The van der Waals surface area contributed by atoms with Gasteiger partial charge in [-0.1, -0.05) is 11.8 Å². The first-order valence-electron chi connectivity index (χ1n) is 7.04. The molecule has 0 saturated heterocycles. The van der Waals surface area contributed by atoms with Crippen LogP contribution in [-0.4, -0.2) is 21.9 Å². The second-order valence-electron chi connectivity index (χ2n) is 5.28. The van der Waals surface area contributed by atoms with Gasteiger partial charge >= 0.3 is 5.88 Å². The second-order valence-corrected chi connectivity index (χ2v) is 6.24. The smallest absolute Gasteiger partial charge is 0.320 e. The number of nitrogens with zero attached hydrogens (tertiary/aromatic N) is 5. The lowest BCUT2D eigenvalue weighted by Crippen LogP contribution is -2.36. The summed E-state index contributed by atoms with van der Waals surface area (Å²) in [4.78, 5) is 8.17. The fourth-order valence-electron chi connectivity index (χ4n) is 1.87. The Balaban J connectivity index is 2.11. The van der Waals surface area contributed by atoms with Crippen LogP contribution in [0.4, 0.5) is 5.88 Å². The molecule has 2 rings (SSSR count). The molecule has 0 aliphatic carbocycles. The highest BCUT2D eigenvalue weighted by Gasteiger charge is 2.14. The van der Waals surface area contributed by atoms with Crippen molar-refractivity contribution in [3.63, 3.8) is 0 Å². The highest BCUT2D eigenvalue weighted by Crippen LogP contribution is 2.23. The molecule has 8 heteroatoms. The van der Waals surface area contributed by atoms with E-state index in [1.807, 2.05) is 33.8 Å². The number of pyridine rings is 1. The molecule has 0 saturated carbocycles. The molecule has 0 fully saturated rings. The number of nitriles is 1. The second kappa shape index (κ2) is 7.24. The maximum absolute atomic E-state index is 11.9. The van der Waals surface area contributed by atoms with E-state index in [0.29, 0.717) is 10.6 Å². The summed E-state index contributed by atoms with van der Waals surface area (Å²) in [6.07, 6.45) is 1.57. The van der Waals surface area contributed by atoms with Gasteiger partial charge in [0.15, 0.2) is 6.04 Å². The van der Waals surface area contributed by atoms with Crippen LogP contribution in [0.5, 0.6) is 0 Å². The van der Waals surface area contributed by atoms with Gasteiger partial charge in [-0.05, 0) is 49.9 Å². The minimum atomic E-state index is -0.369. The monoisotopic (exact) mass is 331 g/mol. The number of aryl methyl sites for hydroxylation is 2. The van der Waals surface area contributed by atoms with Gasteiger partial charge in [-0.25, -0.2) is 9.98 Å². The van der Waals surface area contributed by atoms with E-state index in [1.165, 1.54) is 11.8 Å². The number of aliphatic imine (C=N–C) groups is 1. The van der Waals surface area contributed by atoms with Crippen LogP contribution in [-0.2, 0) is 0 Å². The molecule has 2 aromatic heterocycles. The van der Waals surface area contributed by atoms with Crippen LogP contribution in [0.25, 0.3) is 0 Å². The van der Waals surface area contributed by atoms with Crippen LogP contribution in [0.2, 0.25) is 0 Å². The van der Waals surface area contributed by atoms with E-state index in [-0.39, 0.29) is 23.6 Å². The minimum absolute atomic E-state index is 0.0763. The molecule has 0 unspecified atom stereocenters. The summed E-state index contributed by atoms with van der Waals surface area (Å²) in [6.45, 7) is 7.59. The van der Waals surface area contributed by atoms with Crippen molar-refractivity contribution in [2.75, 3.05) is 5.75 Å². The van der Waals surface area contributed by atoms with Gasteiger partial charge in [0.1, 0.15) is 11.1 Å². The number of rotatable bonds is 5. The Morgan fingerprint density at radius 2 is 2.26 bits per heavy atom. The Bertz CT molecular complexity index is 777. The molecule has 0 aromatic carbocycles. The zero-order valence-electron chi connectivity index (χ0n) is 13.4. The lowest BCUT2D eigenvalue weighted by Gasteiger charge is -2.10. The molecule has 2 aromatic rings. The molecule has 0 aliphatic heterocycles. The molecular weight excluding hydrogens is 314 g/mol. The van der Waals surface area contributed by atoms with E-state index in [1.54, 1.807) is 10.9 Å². The fourth-order valence-corrected chi connectivity index (χ4v) is 2.75. The van der Waals surface area contributed by atoms with Crippen molar-refractivity contribution in [3.05, 3.63) is 29.1 Å². The lowest BCUT2D eigenvalue weighted by atomic mass is 10.1. The Kier molecular flexibility index (Phi) is 5.34. The molecular formula is C15H17N5O2S. The number of hydrogen-bond donors (Lipinski definition) is 0. The highest BCUT2D eigenvalue weighted by atomic mass is 32.2. The Morgan fingerprint density at radius 1 is 1.52 bits per heavy atom. The number of thioether (sulfide) groups is 1. The predicted molar refractivity (Wildman–Crippen MR) is 83.3 cm³/mol. The fraction of sp³-hybridized carbons (Fsp3) is 0.400. The summed E-state index contributed by atoms with van der Waals surface area (Å²) >= 11 is 1.19. The van der Waals surface area contributed by atoms with Gasteiger partial charge in [-0.15, -0.1) is 0 Å². The van der Waals surface area contributed by atoms with Gasteiger partial charge in [-0.2, -0.15) is 5.26 Å². The van der Waals surface area contributed by atoms with Crippen LogP contribution in [0.1, 0.15) is 36.7 Å². The molecule has 0 N–H and O–H groups in total.